The third-order valence-electron chi connectivity index (χ3n) is 4.16. The molecule has 1 N–H and O–H groups in total. The molecule has 4 rings (SSSR count). The van der Waals surface area contributed by atoms with Gasteiger partial charge in [-0.2, -0.15) is 10.1 Å². The van der Waals surface area contributed by atoms with Gasteiger partial charge < -0.3 is 10.0 Å². The summed E-state index contributed by atoms with van der Waals surface area (Å²) in [6.07, 6.45) is 4.35. The summed E-state index contributed by atoms with van der Waals surface area (Å²) < 4.78 is 1.72. The normalized spacial score (nSPS) is 27.9. The number of carboxylic acid groups (broad SMARTS) is 1. The van der Waals surface area contributed by atoms with Crippen molar-refractivity contribution in [1.82, 2.24) is 24.6 Å². The number of hydrogen-bond acceptors (Lipinski definition) is 4. The molecule has 1 aliphatic carbocycles. The van der Waals surface area contributed by atoms with Crippen LogP contribution < -0.4 is 0 Å². The standard InChI is InChI=1S/C12H12ClN5O2/c13-11-14-3-7-4-15-17(10(7)16-11)5-8-1-6-2-9(6)18(8)12(19)20/h3-4,6,8-9H,1-2,5H2,(H,19,20)/t6-,8-,9+/m0/s1. The molecular formula is C12H12ClN5O2. The Bertz CT molecular complexity index is 702. The minimum absolute atomic E-state index is 0.0342. The molecule has 104 valence electrons. The molecule has 1 saturated heterocycles. The maximum absolute atomic E-state index is 11.3. The fourth-order valence-corrected chi connectivity index (χ4v) is 3.33. The Morgan fingerprint density at radius 1 is 1.45 bits per heavy atom. The first kappa shape index (κ1) is 11.9. The molecule has 20 heavy (non-hydrogen) atoms. The smallest absolute Gasteiger partial charge is 0.407 e. The predicted molar refractivity (Wildman–Crippen MR) is 70.5 cm³/mol. The monoisotopic (exact) mass is 293 g/mol. The van der Waals surface area contributed by atoms with Gasteiger partial charge in [0.2, 0.25) is 5.28 Å². The molecule has 0 spiro atoms. The van der Waals surface area contributed by atoms with Gasteiger partial charge in [-0.3, -0.25) is 0 Å². The molecule has 2 fully saturated rings. The minimum Gasteiger partial charge on any atom is -0.465 e. The van der Waals surface area contributed by atoms with E-state index in [1.807, 2.05) is 0 Å². The van der Waals surface area contributed by atoms with E-state index in [0.29, 0.717) is 18.1 Å². The van der Waals surface area contributed by atoms with Gasteiger partial charge in [-0.1, -0.05) is 0 Å². The van der Waals surface area contributed by atoms with Crippen LogP contribution in [0.15, 0.2) is 12.4 Å². The second kappa shape index (κ2) is 4.05. The van der Waals surface area contributed by atoms with E-state index < -0.39 is 6.09 Å². The Morgan fingerprint density at radius 2 is 2.30 bits per heavy atom. The molecule has 2 aromatic heterocycles. The summed E-state index contributed by atoms with van der Waals surface area (Å²) in [5.74, 6) is 0.524. The van der Waals surface area contributed by atoms with E-state index in [2.05, 4.69) is 15.1 Å². The van der Waals surface area contributed by atoms with Crippen LogP contribution in [0.5, 0.6) is 0 Å². The van der Waals surface area contributed by atoms with Gasteiger partial charge >= 0.3 is 6.09 Å². The highest BCUT2D eigenvalue weighted by atomic mass is 35.5. The van der Waals surface area contributed by atoms with E-state index in [-0.39, 0.29) is 17.4 Å². The van der Waals surface area contributed by atoms with Crippen LogP contribution in [0.3, 0.4) is 0 Å². The highest BCUT2D eigenvalue weighted by molar-refractivity contribution is 6.28. The van der Waals surface area contributed by atoms with Crippen LogP contribution in [0.2, 0.25) is 5.28 Å². The summed E-state index contributed by atoms with van der Waals surface area (Å²) in [6, 6.07) is 0.172. The molecule has 2 aliphatic rings. The van der Waals surface area contributed by atoms with E-state index in [0.717, 1.165) is 18.2 Å². The quantitative estimate of drug-likeness (QED) is 0.851. The Hall–Kier alpha value is -1.89. The number of aromatic nitrogens is 4. The fourth-order valence-electron chi connectivity index (χ4n) is 3.20. The number of amides is 1. The summed E-state index contributed by atoms with van der Waals surface area (Å²) in [7, 11) is 0. The van der Waals surface area contributed by atoms with Crippen LogP contribution in [-0.2, 0) is 6.54 Å². The average Bonchev–Trinajstić information content (AvgIpc) is 2.89. The Morgan fingerprint density at radius 3 is 3.10 bits per heavy atom. The lowest BCUT2D eigenvalue weighted by Crippen LogP contribution is -2.40. The first-order chi connectivity index (χ1) is 9.63. The zero-order valence-corrected chi connectivity index (χ0v) is 11.2. The summed E-state index contributed by atoms with van der Waals surface area (Å²) in [5.41, 5.74) is 0.649. The molecule has 1 saturated carbocycles. The maximum Gasteiger partial charge on any atom is 0.407 e. The SMILES string of the molecule is O=C(O)N1[C@H](Cn2ncc3cnc(Cl)nc32)C[C@H]2C[C@H]21. The van der Waals surface area contributed by atoms with E-state index >= 15 is 0 Å². The Balaban J connectivity index is 1.64. The maximum atomic E-state index is 11.3. The topological polar surface area (TPSA) is 84.1 Å². The number of nitrogens with zero attached hydrogens (tertiary/aromatic N) is 5. The molecular weight excluding hydrogens is 282 g/mol. The molecule has 3 atom stereocenters. The van der Waals surface area contributed by atoms with Crippen LogP contribution >= 0.6 is 11.6 Å². The molecule has 0 aromatic carbocycles. The molecule has 1 amide bonds. The average molecular weight is 294 g/mol. The van der Waals surface area contributed by atoms with Crippen LogP contribution in [0.25, 0.3) is 11.0 Å². The second-order valence-electron chi connectivity index (χ2n) is 5.39. The number of rotatable bonds is 2. The summed E-state index contributed by atoms with van der Waals surface area (Å²) >= 11 is 5.81. The summed E-state index contributed by atoms with van der Waals surface area (Å²) in [4.78, 5) is 21.0. The predicted octanol–water partition coefficient (Wildman–Crippen LogP) is 1.62. The van der Waals surface area contributed by atoms with Crippen molar-refractivity contribution in [1.29, 1.82) is 0 Å². The molecule has 8 heteroatoms. The van der Waals surface area contributed by atoms with Gasteiger partial charge in [-0.25, -0.2) is 14.5 Å². The number of hydrogen-bond donors (Lipinski definition) is 1. The van der Waals surface area contributed by atoms with Crippen molar-refractivity contribution in [3.63, 3.8) is 0 Å². The number of halogens is 1. The van der Waals surface area contributed by atoms with E-state index in [9.17, 15) is 9.90 Å². The van der Waals surface area contributed by atoms with Crippen molar-refractivity contribution in [3.05, 3.63) is 17.7 Å². The number of carbonyl (C=O) groups is 1. The number of likely N-dealkylation sites (tertiary alicyclic amines) is 1. The molecule has 0 bridgehead atoms. The van der Waals surface area contributed by atoms with Gasteiger partial charge in [0.1, 0.15) is 0 Å². The molecule has 1 aliphatic heterocycles. The van der Waals surface area contributed by atoms with Crippen molar-refractivity contribution in [3.8, 4) is 0 Å². The summed E-state index contributed by atoms with van der Waals surface area (Å²) in [6.45, 7) is 0.510. The largest absolute Gasteiger partial charge is 0.465 e. The van der Waals surface area contributed by atoms with E-state index in [1.165, 1.54) is 0 Å². The summed E-state index contributed by atoms with van der Waals surface area (Å²) in [5, 5.41) is 14.6. The number of fused-ring (bicyclic) bond motifs is 2. The van der Waals surface area contributed by atoms with Crippen molar-refractivity contribution >= 4 is 28.7 Å². The van der Waals surface area contributed by atoms with Crippen LogP contribution in [0, 0.1) is 5.92 Å². The zero-order valence-electron chi connectivity index (χ0n) is 10.5. The van der Waals surface area contributed by atoms with Crippen molar-refractivity contribution in [2.75, 3.05) is 0 Å². The molecule has 3 heterocycles. The van der Waals surface area contributed by atoms with Gasteiger partial charge in [0.15, 0.2) is 5.65 Å². The van der Waals surface area contributed by atoms with Gasteiger partial charge in [0.05, 0.1) is 24.2 Å². The van der Waals surface area contributed by atoms with Gasteiger partial charge in [0, 0.05) is 12.2 Å². The van der Waals surface area contributed by atoms with E-state index in [1.54, 1.807) is 22.0 Å². The van der Waals surface area contributed by atoms with E-state index in [4.69, 9.17) is 11.6 Å². The zero-order chi connectivity index (χ0) is 13.9. The minimum atomic E-state index is -0.843. The first-order valence-corrected chi connectivity index (χ1v) is 6.86. The second-order valence-corrected chi connectivity index (χ2v) is 5.73. The van der Waals surface area contributed by atoms with Gasteiger partial charge in [0.25, 0.3) is 0 Å². The third-order valence-corrected chi connectivity index (χ3v) is 4.34. The molecule has 0 radical (unpaired) electrons. The lowest BCUT2D eigenvalue weighted by Gasteiger charge is -2.24. The molecule has 0 unspecified atom stereocenters. The Labute approximate surface area is 119 Å². The van der Waals surface area contributed by atoms with Gasteiger partial charge in [-0.05, 0) is 30.4 Å². The highest BCUT2D eigenvalue weighted by Crippen LogP contribution is 2.48. The fraction of sp³-hybridized carbons (Fsp3) is 0.500. The molecule has 2 aromatic rings. The van der Waals surface area contributed by atoms with Crippen LogP contribution in [0.4, 0.5) is 4.79 Å². The third kappa shape index (κ3) is 1.73. The van der Waals surface area contributed by atoms with Crippen molar-refractivity contribution in [2.45, 2.75) is 31.5 Å². The lowest BCUT2D eigenvalue weighted by molar-refractivity contribution is 0.125. The van der Waals surface area contributed by atoms with Crippen molar-refractivity contribution in [2.24, 2.45) is 5.92 Å². The Kier molecular flexibility index (Phi) is 2.41. The lowest BCUT2D eigenvalue weighted by atomic mass is 10.2. The van der Waals surface area contributed by atoms with Gasteiger partial charge in [-0.15, -0.1) is 0 Å². The van der Waals surface area contributed by atoms with Crippen LogP contribution in [-0.4, -0.2) is 47.9 Å². The first-order valence-electron chi connectivity index (χ1n) is 6.49. The van der Waals surface area contributed by atoms with Crippen LogP contribution in [0.1, 0.15) is 12.8 Å². The highest BCUT2D eigenvalue weighted by Gasteiger charge is 2.54. The molecule has 7 nitrogen and oxygen atoms in total. The number of piperidine rings is 1. The van der Waals surface area contributed by atoms with Crippen molar-refractivity contribution < 1.29 is 9.90 Å².